The van der Waals surface area contributed by atoms with E-state index in [4.69, 9.17) is 14.2 Å². The average molecular weight is 375 g/mol. The van der Waals surface area contributed by atoms with E-state index in [0.717, 1.165) is 52.7 Å². The predicted octanol–water partition coefficient (Wildman–Crippen LogP) is 3.28. The normalized spacial score (nSPS) is 14.7. The highest BCUT2D eigenvalue weighted by molar-refractivity contribution is 5.88. The second-order valence-corrected chi connectivity index (χ2v) is 6.96. The Kier molecular flexibility index (Phi) is 4.29. The zero-order valence-corrected chi connectivity index (χ0v) is 15.7. The summed E-state index contributed by atoms with van der Waals surface area (Å²) >= 11 is 0. The molecule has 0 N–H and O–H groups in total. The number of hydrogen-bond acceptors (Lipinski definition) is 6. The van der Waals surface area contributed by atoms with Gasteiger partial charge in [0.05, 0.1) is 30.8 Å². The van der Waals surface area contributed by atoms with Crippen LogP contribution in [0.3, 0.4) is 0 Å². The molecule has 7 nitrogen and oxygen atoms in total. The monoisotopic (exact) mass is 375 g/mol. The van der Waals surface area contributed by atoms with Crippen LogP contribution in [0.1, 0.15) is 11.5 Å². The van der Waals surface area contributed by atoms with Crippen molar-refractivity contribution < 1.29 is 9.26 Å². The van der Waals surface area contributed by atoms with E-state index >= 15 is 0 Å². The molecule has 1 aliphatic rings. The van der Waals surface area contributed by atoms with Crippen LogP contribution in [-0.4, -0.2) is 46.0 Å². The Morgan fingerprint density at radius 1 is 1.11 bits per heavy atom. The number of imidazole rings is 1. The highest BCUT2D eigenvalue weighted by atomic mass is 16.5. The molecule has 1 aliphatic heterocycles. The maximum atomic E-state index is 5.54. The van der Waals surface area contributed by atoms with Gasteiger partial charge in [0, 0.05) is 36.9 Å². The van der Waals surface area contributed by atoms with Crippen LogP contribution >= 0.6 is 0 Å². The van der Waals surface area contributed by atoms with E-state index < -0.39 is 0 Å². The van der Waals surface area contributed by atoms with Crippen LogP contribution in [-0.2, 0) is 11.3 Å². The molecule has 0 atom stereocenters. The van der Waals surface area contributed by atoms with E-state index in [-0.39, 0.29) is 0 Å². The van der Waals surface area contributed by atoms with Crippen molar-refractivity contribution in [1.82, 2.24) is 19.7 Å². The topological polar surface area (TPSA) is 69.2 Å². The molecule has 1 aromatic carbocycles. The highest BCUT2D eigenvalue weighted by Gasteiger charge is 2.21. The number of pyridine rings is 1. The van der Waals surface area contributed by atoms with Crippen LogP contribution in [0.4, 0.5) is 5.82 Å². The molecular formula is C21H21N5O2. The maximum absolute atomic E-state index is 5.54. The van der Waals surface area contributed by atoms with Gasteiger partial charge in [-0.3, -0.25) is 0 Å². The lowest BCUT2D eigenvalue weighted by atomic mass is 10.1. The molecule has 0 radical (unpaired) electrons. The minimum absolute atomic E-state index is 0.599. The van der Waals surface area contributed by atoms with Gasteiger partial charge in [0.15, 0.2) is 0 Å². The fourth-order valence-corrected chi connectivity index (χ4v) is 3.63. The first kappa shape index (κ1) is 16.9. The Labute approximate surface area is 162 Å². The van der Waals surface area contributed by atoms with E-state index in [1.165, 1.54) is 0 Å². The molecular weight excluding hydrogens is 354 g/mol. The third-order valence-electron chi connectivity index (χ3n) is 4.98. The van der Waals surface area contributed by atoms with Gasteiger partial charge in [-0.2, -0.15) is 0 Å². The number of nitrogens with zero attached hydrogens (tertiary/aromatic N) is 5. The Morgan fingerprint density at radius 2 is 1.96 bits per heavy atom. The summed E-state index contributed by atoms with van der Waals surface area (Å²) in [6, 6.07) is 12.3. The van der Waals surface area contributed by atoms with Crippen molar-refractivity contribution in [3.05, 3.63) is 60.2 Å². The van der Waals surface area contributed by atoms with Gasteiger partial charge in [0.2, 0.25) is 0 Å². The first-order valence-electron chi connectivity index (χ1n) is 9.44. The van der Waals surface area contributed by atoms with Gasteiger partial charge in [0.1, 0.15) is 23.1 Å². The lowest BCUT2D eigenvalue weighted by Gasteiger charge is -2.29. The van der Waals surface area contributed by atoms with Crippen molar-refractivity contribution in [2.24, 2.45) is 0 Å². The third-order valence-corrected chi connectivity index (χ3v) is 4.98. The van der Waals surface area contributed by atoms with Crippen molar-refractivity contribution in [2.75, 3.05) is 31.2 Å². The fourth-order valence-electron chi connectivity index (χ4n) is 3.63. The Hall–Kier alpha value is -3.19. The third kappa shape index (κ3) is 3.14. The van der Waals surface area contributed by atoms with Crippen LogP contribution in [0.2, 0.25) is 0 Å². The van der Waals surface area contributed by atoms with Crippen LogP contribution in [0, 0.1) is 6.92 Å². The van der Waals surface area contributed by atoms with Gasteiger partial charge in [-0.25, -0.2) is 9.97 Å². The summed E-state index contributed by atoms with van der Waals surface area (Å²) in [6.45, 7) is 5.56. The lowest BCUT2D eigenvalue weighted by Crippen LogP contribution is -2.37. The predicted molar refractivity (Wildman–Crippen MR) is 106 cm³/mol. The van der Waals surface area contributed by atoms with E-state index in [2.05, 4.69) is 31.7 Å². The van der Waals surface area contributed by atoms with E-state index in [9.17, 15) is 0 Å². The van der Waals surface area contributed by atoms with Crippen LogP contribution < -0.4 is 4.90 Å². The van der Waals surface area contributed by atoms with Crippen molar-refractivity contribution in [3.8, 4) is 11.4 Å². The summed E-state index contributed by atoms with van der Waals surface area (Å²) in [7, 11) is 0. The van der Waals surface area contributed by atoms with E-state index in [1.807, 2.05) is 43.6 Å². The number of anilines is 1. The van der Waals surface area contributed by atoms with Crippen molar-refractivity contribution in [2.45, 2.75) is 13.5 Å². The summed E-state index contributed by atoms with van der Waals surface area (Å²) in [5, 5.41) is 5.22. The molecule has 0 amide bonds. The van der Waals surface area contributed by atoms with E-state index in [0.29, 0.717) is 19.8 Å². The smallest absolute Gasteiger partial charge is 0.144 e. The molecule has 4 aromatic rings. The highest BCUT2D eigenvalue weighted by Crippen LogP contribution is 2.32. The zero-order valence-electron chi connectivity index (χ0n) is 15.7. The largest absolute Gasteiger partial charge is 0.378 e. The van der Waals surface area contributed by atoms with Gasteiger partial charge in [-0.1, -0.05) is 23.4 Å². The number of rotatable bonds is 4. The molecule has 28 heavy (non-hydrogen) atoms. The molecule has 3 aromatic heterocycles. The molecule has 4 heterocycles. The lowest BCUT2D eigenvalue weighted by molar-refractivity contribution is 0.122. The maximum Gasteiger partial charge on any atom is 0.144 e. The quantitative estimate of drug-likeness (QED) is 0.545. The van der Waals surface area contributed by atoms with Crippen LogP contribution in [0.15, 0.2) is 53.3 Å². The second-order valence-electron chi connectivity index (χ2n) is 6.96. The first-order valence-corrected chi connectivity index (χ1v) is 9.44. The molecule has 142 valence electrons. The molecule has 1 fully saturated rings. The number of ether oxygens (including phenoxy) is 1. The number of para-hydroxylation sites is 1. The molecule has 0 aliphatic carbocycles. The summed E-state index contributed by atoms with van der Waals surface area (Å²) in [5.74, 6) is 2.63. The standard InChI is InChI=1S/C21H21N5O2/c1-15-12-17(24-28-15)14-26-7-6-22-20(26)18-13-16-4-2-3-5-19(16)23-21(18)25-8-10-27-11-9-25/h2-7,12-13H,8-11,14H2,1H3. The van der Waals surface area contributed by atoms with Crippen molar-refractivity contribution >= 4 is 16.7 Å². The number of aryl methyl sites for hydroxylation is 1. The summed E-state index contributed by atoms with van der Waals surface area (Å²) in [6.07, 6.45) is 3.79. The van der Waals surface area contributed by atoms with E-state index in [1.54, 1.807) is 0 Å². The Bertz CT molecular complexity index is 1110. The van der Waals surface area contributed by atoms with Crippen molar-refractivity contribution in [3.63, 3.8) is 0 Å². The van der Waals surface area contributed by atoms with Gasteiger partial charge >= 0.3 is 0 Å². The molecule has 0 spiro atoms. The average Bonchev–Trinajstić information content (AvgIpc) is 3.36. The number of morpholine rings is 1. The Morgan fingerprint density at radius 3 is 2.79 bits per heavy atom. The molecule has 5 rings (SSSR count). The molecule has 0 bridgehead atoms. The van der Waals surface area contributed by atoms with Crippen LogP contribution in [0.25, 0.3) is 22.3 Å². The minimum Gasteiger partial charge on any atom is -0.378 e. The fraction of sp³-hybridized carbons (Fsp3) is 0.286. The van der Waals surface area contributed by atoms with Crippen LogP contribution in [0.5, 0.6) is 0 Å². The van der Waals surface area contributed by atoms with Crippen molar-refractivity contribution in [1.29, 1.82) is 0 Å². The first-order chi connectivity index (χ1) is 13.8. The summed E-state index contributed by atoms with van der Waals surface area (Å²) in [5.41, 5.74) is 2.88. The van der Waals surface area contributed by atoms with Gasteiger partial charge < -0.3 is 18.7 Å². The Balaban J connectivity index is 1.62. The number of hydrogen-bond donors (Lipinski definition) is 0. The summed E-state index contributed by atoms with van der Waals surface area (Å²) < 4.78 is 12.8. The SMILES string of the molecule is Cc1cc(Cn2ccnc2-c2cc3ccccc3nc2N2CCOCC2)no1. The molecule has 0 unspecified atom stereocenters. The molecule has 7 heteroatoms. The summed E-state index contributed by atoms with van der Waals surface area (Å²) in [4.78, 5) is 11.9. The second kappa shape index (κ2) is 7.09. The molecule has 0 saturated carbocycles. The zero-order chi connectivity index (χ0) is 18.9. The minimum atomic E-state index is 0.599. The number of benzene rings is 1. The van der Waals surface area contributed by atoms with Gasteiger partial charge in [0.25, 0.3) is 0 Å². The number of aromatic nitrogens is 4. The molecule has 1 saturated heterocycles. The van der Waals surface area contributed by atoms with Gasteiger partial charge in [-0.05, 0) is 19.1 Å². The number of fused-ring (bicyclic) bond motifs is 1. The van der Waals surface area contributed by atoms with Gasteiger partial charge in [-0.15, -0.1) is 0 Å².